The Kier molecular flexibility index (Phi) is 8.73. The molecular formula is C24H30O4. The lowest BCUT2D eigenvalue weighted by Gasteiger charge is -2.31. The molecule has 3 atom stereocenters. The SMILES string of the molecule is CCCCC(C(C)OC(=O)c1ccccc1)C(CC)OC(=O)c1ccccc1. The quantitative estimate of drug-likeness (QED) is 0.497. The molecule has 0 saturated heterocycles. The average Bonchev–Trinajstić information content (AvgIpc) is 2.74. The highest BCUT2D eigenvalue weighted by atomic mass is 16.6. The number of esters is 2. The van der Waals surface area contributed by atoms with Crippen LogP contribution in [0.5, 0.6) is 0 Å². The molecule has 150 valence electrons. The van der Waals surface area contributed by atoms with Gasteiger partial charge in [0, 0.05) is 5.92 Å². The van der Waals surface area contributed by atoms with E-state index in [2.05, 4.69) is 6.92 Å². The third-order valence-corrected chi connectivity index (χ3v) is 4.94. The minimum atomic E-state index is -0.354. The molecule has 0 fully saturated rings. The van der Waals surface area contributed by atoms with Crippen LogP contribution >= 0.6 is 0 Å². The first-order chi connectivity index (χ1) is 13.6. The Morgan fingerprint density at radius 2 is 1.32 bits per heavy atom. The first kappa shape index (κ1) is 21.7. The third-order valence-electron chi connectivity index (χ3n) is 4.94. The molecule has 0 radical (unpaired) electrons. The first-order valence-corrected chi connectivity index (χ1v) is 10.1. The van der Waals surface area contributed by atoms with Crippen molar-refractivity contribution in [3.63, 3.8) is 0 Å². The predicted molar refractivity (Wildman–Crippen MR) is 110 cm³/mol. The third kappa shape index (κ3) is 6.22. The van der Waals surface area contributed by atoms with Gasteiger partial charge in [0.2, 0.25) is 0 Å². The topological polar surface area (TPSA) is 52.6 Å². The van der Waals surface area contributed by atoms with E-state index in [-0.39, 0.29) is 30.1 Å². The van der Waals surface area contributed by atoms with E-state index >= 15 is 0 Å². The van der Waals surface area contributed by atoms with Gasteiger partial charge in [-0.05, 0) is 44.0 Å². The molecule has 2 rings (SSSR count). The van der Waals surface area contributed by atoms with Crippen molar-refractivity contribution >= 4 is 11.9 Å². The van der Waals surface area contributed by atoms with Gasteiger partial charge in [-0.1, -0.05) is 63.1 Å². The van der Waals surface area contributed by atoms with Crippen LogP contribution in [0.4, 0.5) is 0 Å². The van der Waals surface area contributed by atoms with Gasteiger partial charge in [0.15, 0.2) is 0 Å². The van der Waals surface area contributed by atoms with Crippen molar-refractivity contribution in [2.75, 3.05) is 0 Å². The van der Waals surface area contributed by atoms with Crippen molar-refractivity contribution in [1.29, 1.82) is 0 Å². The van der Waals surface area contributed by atoms with Gasteiger partial charge >= 0.3 is 11.9 Å². The monoisotopic (exact) mass is 382 g/mol. The maximum atomic E-state index is 12.5. The molecule has 0 bridgehead atoms. The highest BCUT2D eigenvalue weighted by Gasteiger charge is 2.31. The molecule has 0 heterocycles. The molecule has 2 aromatic rings. The van der Waals surface area contributed by atoms with Crippen molar-refractivity contribution in [2.45, 2.75) is 58.7 Å². The zero-order valence-corrected chi connectivity index (χ0v) is 17.0. The van der Waals surface area contributed by atoms with Crippen molar-refractivity contribution in [1.82, 2.24) is 0 Å². The lowest BCUT2D eigenvalue weighted by atomic mass is 9.89. The Labute approximate surface area is 167 Å². The van der Waals surface area contributed by atoms with Crippen LogP contribution in [-0.4, -0.2) is 24.1 Å². The van der Waals surface area contributed by atoms with E-state index < -0.39 is 0 Å². The van der Waals surface area contributed by atoms with E-state index in [1.54, 1.807) is 24.3 Å². The van der Waals surface area contributed by atoms with Crippen LogP contribution in [0, 0.1) is 5.92 Å². The summed E-state index contributed by atoms with van der Waals surface area (Å²) in [6.07, 6.45) is 2.85. The second kappa shape index (κ2) is 11.3. The second-order valence-corrected chi connectivity index (χ2v) is 7.00. The summed E-state index contributed by atoms with van der Waals surface area (Å²) in [7, 11) is 0. The van der Waals surface area contributed by atoms with E-state index in [4.69, 9.17) is 9.47 Å². The Morgan fingerprint density at radius 1 is 0.821 bits per heavy atom. The number of rotatable bonds is 10. The average molecular weight is 383 g/mol. The van der Waals surface area contributed by atoms with Crippen LogP contribution in [0.25, 0.3) is 0 Å². The summed E-state index contributed by atoms with van der Waals surface area (Å²) in [5, 5.41) is 0. The number of benzene rings is 2. The molecule has 4 nitrogen and oxygen atoms in total. The fourth-order valence-electron chi connectivity index (χ4n) is 3.31. The van der Waals surface area contributed by atoms with Gasteiger partial charge in [0.1, 0.15) is 12.2 Å². The Hall–Kier alpha value is -2.62. The standard InChI is InChI=1S/C24H30O4/c1-4-6-17-21(18(3)27-23(25)19-13-9-7-10-14-19)22(5-2)28-24(26)20-15-11-8-12-16-20/h7-16,18,21-22H,4-6,17H2,1-3H3. The van der Waals surface area contributed by atoms with Crippen molar-refractivity contribution in [3.05, 3.63) is 71.8 Å². The summed E-state index contributed by atoms with van der Waals surface area (Å²) < 4.78 is 11.6. The minimum Gasteiger partial charge on any atom is -0.459 e. The van der Waals surface area contributed by atoms with Crippen LogP contribution in [0.15, 0.2) is 60.7 Å². The maximum absolute atomic E-state index is 12.5. The predicted octanol–water partition coefficient (Wildman–Crippen LogP) is 5.67. The number of unbranched alkanes of at least 4 members (excludes halogenated alkanes) is 1. The Morgan fingerprint density at radius 3 is 1.79 bits per heavy atom. The van der Waals surface area contributed by atoms with Gasteiger partial charge in [-0.15, -0.1) is 0 Å². The molecule has 4 heteroatoms. The van der Waals surface area contributed by atoms with Crippen molar-refractivity contribution in [3.8, 4) is 0 Å². The van der Waals surface area contributed by atoms with Crippen LogP contribution in [-0.2, 0) is 9.47 Å². The van der Waals surface area contributed by atoms with Gasteiger partial charge in [0.25, 0.3) is 0 Å². The molecular weight excluding hydrogens is 352 g/mol. The smallest absolute Gasteiger partial charge is 0.338 e. The Balaban J connectivity index is 2.10. The first-order valence-electron chi connectivity index (χ1n) is 10.1. The number of hydrogen-bond acceptors (Lipinski definition) is 4. The summed E-state index contributed by atoms with van der Waals surface area (Å²) >= 11 is 0. The highest BCUT2D eigenvalue weighted by molar-refractivity contribution is 5.90. The number of carbonyl (C=O) groups is 2. The molecule has 0 aliphatic carbocycles. The van der Waals surface area contributed by atoms with Crippen molar-refractivity contribution < 1.29 is 19.1 Å². The maximum Gasteiger partial charge on any atom is 0.338 e. The fourth-order valence-corrected chi connectivity index (χ4v) is 3.31. The second-order valence-electron chi connectivity index (χ2n) is 7.00. The molecule has 28 heavy (non-hydrogen) atoms. The lowest BCUT2D eigenvalue weighted by Crippen LogP contribution is -2.36. The molecule has 3 unspecified atom stereocenters. The van der Waals surface area contributed by atoms with E-state index in [0.29, 0.717) is 17.5 Å². The fraction of sp³-hybridized carbons (Fsp3) is 0.417. The highest BCUT2D eigenvalue weighted by Crippen LogP contribution is 2.26. The number of carbonyl (C=O) groups excluding carboxylic acids is 2. The summed E-state index contributed by atoms with van der Waals surface area (Å²) in [6.45, 7) is 6.00. The number of ether oxygens (including phenoxy) is 2. The number of hydrogen-bond donors (Lipinski definition) is 0. The van der Waals surface area contributed by atoms with Gasteiger partial charge in [-0.25, -0.2) is 9.59 Å². The molecule has 0 aliphatic rings. The molecule has 0 aliphatic heterocycles. The molecule has 0 spiro atoms. The zero-order chi connectivity index (χ0) is 20.4. The summed E-state index contributed by atoms with van der Waals surface area (Å²) in [4.78, 5) is 25.0. The largest absolute Gasteiger partial charge is 0.459 e. The Bertz CT molecular complexity index is 727. The molecule has 0 aromatic heterocycles. The van der Waals surface area contributed by atoms with Crippen LogP contribution in [0.1, 0.15) is 67.2 Å². The molecule has 0 N–H and O–H groups in total. The van der Waals surface area contributed by atoms with Crippen LogP contribution in [0.2, 0.25) is 0 Å². The van der Waals surface area contributed by atoms with E-state index in [0.717, 1.165) is 19.3 Å². The van der Waals surface area contributed by atoms with Gasteiger partial charge < -0.3 is 9.47 Å². The van der Waals surface area contributed by atoms with E-state index in [1.807, 2.05) is 50.2 Å². The molecule has 0 amide bonds. The zero-order valence-electron chi connectivity index (χ0n) is 17.0. The van der Waals surface area contributed by atoms with Gasteiger partial charge in [0.05, 0.1) is 11.1 Å². The van der Waals surface area contributed by atoms with Crippen LogP contribution in [0.3, 0.4) is 0 Å². The van der Waals surface area contributed by atoms with Gasteiger partial charge in [-0.3, -0.25) is 0 Å². The van der Waals surface area contributed by atoms with E-state index in [1.165, 1.54) is 0 Å². The summed E-state index contributed by atoms with van der Waals surface area (Å²) in [5.74, 6) is -0.736. The minimum absolute atomic E-state index is 0.0507. The lowest BCUT2D eigenvalue weighted by molar-refractivity contribution is -0.0316. The molecule has 2 aromatic carbocycles. The summed E-state index contributed by atoms with van der Waals surface area (Å²) in [6, 6.07) is 17.9. The molecule has 0 saturated carbocycles. The van der Waals surface area contributed by atoms with Crippen molar-refractivity contribution in [2.24, 2.45) is 5.92 Å². The summed E-state index contributed by atoms with van der Waals surface area (Å²) in [5.41, 5.74) is 1.06. The van der Waals surface area contributed by atoms with E-state index in [9.17, 15) is 9.59 Å². The van der Waals surface area contributed by atoms with Gasteiger partial charge in [-0.2, -0.15) is 0 Å². The normalized spacial score (nSPS) is 14.0. The van der Waals surface area contributed by atoms with Crippen LogP contribution < -0.4 is 0 Å².